The van der Waals surface area contributed by atoms with E-state index in [4.69, 9.17) is 14.3 Å². The quantitative estimate of drug-likeness (QED) is 0.455. The molecule has 5 atom stereocenters. The topological polar surface area (TPSA) is 132 Å². The number of fused-ring (bicyclic) bond motifs is 1. The Labute approximate surface area is 130 Å². The van der Waals surface area contributed by atoms with Crippen LogP contribution in [0.2, 0.25) is 0 Å². The van der Waals surface area contributed by atoms with Crippen molar-refractivity contribution in [1.82, 2.24) is 0 Å². The van der Waals surface area contributed by atoms with Crippen molar-refractivity contribution >= 4 is 16.7 Å². The van der Waals surface area contributed by atoms with Gasteiger partial charge in [0.05, 0.1) is 6.61 Å². The van der Waals surface area contributed by atoms with E-state index in [1.807, 2.05) is 0 Å². The zero-order valence-electron chi connectivity index (χ0n) is 12.0. The summed E-state index contributed by atoms with van der Waals surface area (Å²) in [7, 11) is 0. The number of nitrogens with one attached hydrogen (secondary N) is 1. The molecule has 1 aliphatic rings. The summed E-state index contributed by atoms with van der Waals surface area (Å²) in [5, 5.41) is 42.5. The monoisotopic (exact) mass is 323 g/mol. The molecule has 8 heteroatoms. The highest BCUT2D eigenvalue weighted by Gasteiger charge is 2.43. The number of hydrogen-bond donors (Lipinski definition) is 5. The highest BCUT2D eigenvalue weighted by molar-refractivity contribution is 5.80. The summed E-state index contributed by atoms with van der Waals surface area (Å²) in [5.74, 6) is 0. The minimum atomic E-state index is -1.43. The Kier molecular flexibility index (Phi) is 4.33. The first kappa shape index (κ1) is 15.9. The number of anilines is 1. The van der Waals surface area contributed by atoms with Gasteiger partial charge in [-0.1, -0.05) is 0 Å². The molecule has 1 aromatic heterocycles. The first-order valence-electron chi connectivity index (χ1n) is 7.10. The molecule has 3 unspecified atom stereocenters. The third-order valence-electron chi connectivity index (χ3n) is 3.86. The Balaban J connectivity index is 1.84. The fourth-order valence-electron chi connectivity index (χ4n) is 2.60. The molecule has 0 bridgehead atoms. The summed E-state index contributed by atoms with van der Waals surface area (Å²) >= 11 is 0. The molecule has 8 nitrogen and oxygen atoms in total. The zero-order chi connectivity index (χ0) is 16.6. The summed E-state index contributed by atoms with van der Waals surface area (Å²) in [4.78, 5) is 11.3. The van der Waals surface area contributed by atoms with Gasteiger partial charge in [0.15, 0.2) is 6.29 Å². The van der Waals surface area contributed by atoms with E-state index in [-0.39, 0.29) is 0 Å². The van der Waals surface area contributed by atoms with E-state index in [9.17, 15) is 20.1 Å². The standard InChI is InChI=1S/C15H17NO7/c17-6-10-13(19)14(20)12(15(21)23-10)16-8-3-1-7-2-4-11(18)22-9(7)5-8/h1-5,10,12-17,19-21H,6H2/t10?,12-,13+,14?,15?/m1/s1. The Bertz CT molecular complexity index is 746. The van der Waals surface area contributed by atoms with Crippen molar-refractivity contribution < 1.29 is 29.6 Å². The van der Waals surface area contributed by atoms with Crippen molar-refractivity contribution in [3.8, 4) is 0 Å². The van der Waals surface area contributed by atoms with Crippen LogP contribution in [0, 0.1) is 0 Å². The summed E-state index contributed by atoms with van der Waals surface area (Å²) in [6.45, 7) is -0.525. The number of aliphatic hydroxyl groups is 4. The number of rotatable bonds is 3. The molecule has 0 radical (unpaired) electrons. The van der Waals surface area contributed by atoms with Crippen LogP contribution in [0.4, 0.5) is 5.69 Å². The average molecular weight is 323 g/mol. The van der Waals surface area contributed by atoms with E-state index in [1.165, 1.54) is 6.07 Å². The van der Waals surface area contributed by atoms with Crippen molar-refractivity contribution in [3.63, 3.8) is 0 Å². The van der Waals surface area contributed by atoms with Gasteiger partial charge >= 0.3 is 5.63 Å². The largest absolute Gasteiger partial charge is 0.423 e. The summed E-state index contributed by atoms with van der Waals surface area (Å²) in [6, 6.07) is 6.83. The van der Waals surface area contributed by atoms with Gasteiger partial charge in [-0.15, -0.1) is 0 Å². The maximum Gasteiger partial charge on any atom is 0.336 e. The van der Waals surface area contributed by atoms with Crippen molar-refractivity contribution in [2.45, 2.75) is 30.6 Å². The minimum Gasteiger partial charge on any atom is -0.423 e. The van der Waals surface area contributed by atoms with E-state index in [1.54, 1.807) is 24.3 Å². The molecule has 23 heavy (non-hydrogen) atoms. The molecule has 1 saturated heterocycles. The molecule has 2 heterocycles. The molecule has 124 valence electrons. The summed E-state index contributed by atoms with van der Waals surface area (Å²) in [5.41, 5.74) is 0.321. The van der Waals surface area contributed by atoms with E-state index in [0.29, 0.717) is 11.3 Å². The fraction of sp³-hybridized carbons (Fsp3) is 0.400. The van der Waals surface area contributed by atoms with Gasteiger partial charge in [-0.25, -0.2) is 4.79 Å². The molecule has 1 aliphatic heterocycles. The number of hydrogen-bond acceptors (Lipinski definition) is 8. The first-order valence-corrected chi connectivity index (χ1v) is 7.10. The van der Waals surface area contributed by atoms with Crippen LogP contribution in [0.25, 0.3) is 11.0 Å². The van der Waals surface area contributed by atoms with Crippen LogP contribution in [0.3, 0.4) is 0 Å². The summed E-state index contributed by atoms with van der Waals surface area (Å²) in [6.07, 6.45) is -5.19. The van der Waals surface area contributed by atoms with Crippen LogP contribution < -0.4 is 10.9 Å². The normalized spacial score (nSPS) is 31.2. The van der Waals surface area contributed by atoms with Crippen LogP contribution in [0.5, 0.6) is 0 Å². The smallest absolute Gasteiger partial charge is 0.336 e. The summed E-state index contributed by atoms with van der Waals surface area (Å²) < 4.78 is 10.1. The van der Waals surface area contributed by atoms with Gasteiger partial charge in [-0.3, -0.25) is 0 Å². The van der Waals surface area contributed by atoms with E-state index in [2.05, 4.69) is 5.32 Å². The number of ether oxygens (including phenoxy) is 1. The van der Waals surface area contributed by atoms with Crippen LogP contribution >= 0.6 is 0 Å². The maximum atomic E-state index is 11.3. The van der Waals surface area contributed by atoms with Crippen LogP contribution in [-0.4, -0.2) is 57.7 Å². The highest BCUT2D eigenvalue weighted by Crippen LogP contribution is 2.24. The van der Waals surface area contributed by atoms with E-state index in [0.717, 1.165) is 5.39 Å². The molecule has 1 fully saturated rings. The van der Waals surface area contributed by atoms with Gasteiger partial charge in [-0.2, -0.15) is 0 Å². The number of benzene rings is 1. The maximum absolute atomic E-state index is 11.3. The zero-order valence-corrected chi connectivity index (χ0v) is 12.0. The lowest BCUT2D eigenvalue weighted by Gasteiger charge is -2.40. The molecule has 1 aromatic carbocycles. The Morgan fingerprint density at radius 1 is 1.09 bits per heavy atom. The Morgan fingerprint density at radius 2 is 1.83 bits per heavy atom. The van der Waals surface area contributed by atoms with Gasteiger partial charge in [0.25, 0.3) is 0 Å². The predicted molar refractivity (Wildman–Crippen MR) is 79.9 cm³/mol. The van der Waals surface area contributed by atoms with Gasteiger partial charge < -0.3 is 34.9 Å². The Morgan fingerprint density at radius 3 is 2.57 bits per heavy atom. The van der Waals surface area contributed by atoms with Crippen molar-refractivity contribution in [1.29, 1.82) is 0 Å². The van der Waals surface area contributed by atoms with Gasteiger partial charge in [-0.05, 0) is 18.2 Å². The molecular formula is C15H17NO7. The van der Waals surface area contributed by atoms with E-state index < -0.39 is 42.9 Å². The SMILES string of the molecule is O=c1ccc2ccc(N[C@H]3C(O)OC(CO)[C@H](O)C3O)cc2o1. The molecule has 0 spiro atoms. The second-order valence-corrected chi connectivity index (χ2v) is 5.41. The molecule has 0 saturated carbocycles. The lowest BCUT2D eigenvalue weighted by molar-refractivity contribution is -0.245. The third kappa shape index (κ3) is 3.07. The van der Waals surface area contributed by atoms with Crippen molar-refractivity contribution in [2.75, 3.05) is 11.9 Å². The lowest BCUT2D eigenvalue weighted by Crippen LogP contribution is -2.61. The molecule has 0 amide bonds. The molecule has 2 aromatic rings. The van der Waals surface area contributed by atoms with Gasteiger partial charge in [0, 0.05) is 23.2 Å². The van der Waals surface area contributed by atoms with Crippen LogP contribution in [0.1, 0.15) is 0 Å². The lowest BCUT2D eigenvalue weighted by atomic mass is 9.97. The number of aliphatic hydroxyl groups excluding tert-OH is 4. The third-order valence-corrected chi connectivity index (χ3v) is 3.86. The minimum absolute atomic E-state index is 0.344. The van der Waals surface area contributed by atoms with Crippen LogP contribution in [0.15, 0.2) is 39.5 Å². The Hall–Kier alpha value is -1.97. The van der Waals surface area contributed by atoms with E-state index >= 15 is 0 Å². The molecule has 3 rings (SSSR count). The van der Waals surface area contributed by atoms with Gasteiger partial charge in [0.1, 0.15) is 29.9 Å². The molecule has 5 N–H and O–H groups in total. The van der Waals surface area contributed by atoms with Crippen LogP contribution in [-0.2, 0) is 4.74 Å². The highest BCUT2D eigenvalue weighted by atomic mass is 16.6. The van der Waals surface area contributed by atoms with Gasteiger partial charge in [0.2, 0.25) is 0 Å². The second kappa shape index (κ2) is 6.26. The van der Waals surface area contributed by atoms with Crippen molar-refractivity contribution in [2.24, 2.45) is 0 Å². The first-order chi connectivity index (χ1) is 11.0. The average Bonchev–Trinajstić information content (AvgIpc) is 2.54. The fourth-order valence-corrected chi connectivity index (χ4v) is 2.60. The molecule has 0 aliphatic carbocycles. The molecular weight excluding hydrogens is 306 g/mol. The van der Waals surface area contributed by atoms with Crippen molar-refractivity contribution in [3.05, 3.63) is 40.8 Å². The second-order valence-electron chi connectivity index (χ2n) is 5.41. The predicted octanol–water partition coefficient (Wildman–Crippen LogP) is -0.995.